The van der Waals surface area contributed by atoms with E-state index in [0.717, 1.165) is 18.4 Å². The number of hydrogen-bond acceptors (Lipinski definition) is 2. The van der Waals surface area contributed by atoms with Crippen molar-refractivity contribution in [1.29, 1.82) is 0 Å². The standard InChI is InChI=1S/C14H30N2/c1-12(2)7-4-5-9-15-11-14-13(3)8-6-10-16-14/h12-16H,4-11H2,1-3H3. The zero-order valence-electron chi connectivity index (χ0n) is 11.4. The molecule has 2 unspecified atom stereocenters. The molecule has 2 nitrogen and oxygen atoms in total. The fraction of sp³-hybridized carbons (Fsp3) is 1.00. The van der Waals surface area contributed by atoms with Crippen LogP contribution in [0.4, 0.5) is 0 Å². The molecule has 0 aromatic carbocycles. The molecular formula is C14H30N2. The summed E-state index contributed by atoms with van der Waals surface area (Å²) >= 11 is 0. The van der Waals surface area contributed by atoms with E-state index in [1.54, 1.807) is 0 Å². The number of piperidine rings is 1. The van der Waals surface area contributed by atoms with E-state index in [4.69, 9.17) is 0 Å². The molecule has 2 atom stereocenters. The van der Waals surface area contributed by atoms with Crippen LogP contribution in [0.3, 0.4) is 0 Å². The van der Waals surface area contributed by atoms with Gasteiger partial charge in [0.2, 0.25) is 0 Å². The van der Waals surface area contributed by atoms with Crippen LogP contribution in [0.5, 0.6) is 0 Å². The predicted molar refractivity (Wildman–Crippen MR) is 71.7 cm³/mol. The van der Waals surface area contributed by atoms with Gasteiger partial charge >= 0.3 is 0 Å². The topological polar surface area (TPSA) is 24.1 Å². The van der Waals surface area contributed by atoms with Crippen LogP contribution in [0.15, 0.2) is 0 Å². The Kier molecular flexibility index (Phi) is 7.06. The first kappa shape index (κ1) is 14.0. The van der Waals surface area contributed by atoms with Gasteiger partial charge in [-0.2, -0.15) is 0 Å². The summed E-state index contributed by atoms with van der Waals surface area (Å²) in [5, 5.41) is 7.21. The molecule has 0 amide bonds. The fourth-order valence-corrected chi connectivity index (χ4v) is 2.45. The fourth-order valence-electron chi connectivity index (χ4n) is 2.45. The Balaban J connectivity index is 1.94. The number of rotatable bonds is 7. The molecule has 0 spiro atoms. The van der Waals surface area contributed by atoms with Gasteiger partial charge in [0.25, 0.3) is 0 Å². The van der Waals surface area contributed by atoms with E-state index in [2.05, 4.69) is 31.4 Å². The highest BCUT2D eigenvalue weighted by molar-refractivity contribution is 4.79. The van der Waals surface area contributed by atoms with Crippen LogP contribution in [0.2, 0.25) is 0 Å². The van der Waals surface area contributed by atoms with Crippen LogP contribution < -0.4 is 10.6 Å². The highest BCUT2D eigenvalue weighted by atomic mass is 15.0. The van der Waals surface area contributed by atoms with Gasteiger partial charge < -0.3 is 10.6 Å². The Bertz CT molecular complexity index is 168. The molecule has 2 N–H and O–H groups in total. The molecular weight excluding hydrogens is 196 g/mol. The predicted octanol–water partition coefficient (Wildman–Crippen LogP) is 2.79. The van der Waals surface area contributed by atoms with Gasteiger partial charge in [-0.1, -0.05) is 33.6 Å². The van der Waals surface area contributed by atoms with Gasteiger partial charge in [0.05, 0.1) is 0 Å². The number of hydrogen-bond donors (Lipinski definition) is 2. The average molecular weight is 226 g/mol. The average Bonchev–Trinajstić information content (AvgIpc) is 2.25. The monoisotopic (exact) mass is 226 g/mol. The van der Waals surface area contributed by atoms with Crippen molar-refractivity contribution in [1.82, 2.24) is 10.6 Å². The lowest BCUT2D eigenvalue weighted by molar-refractivity contribution is 0.290. The molecule has 0 aliphatic carbocycles. The minimum Gasteiger partial charge on any atom is -0.315 e. The lowest BCUT2D eigenvalue weighted by Crippen LogP contribution is -2.46. The van der Waals surface area contributed by atoms with Crippen molar-refractivity contribution in [2.75, 3.05) is 19.6 Å². The van der Waals surface area contributed by atoms with Crippen molar-refractivity contribution in [3.8, 4) is 0 Å². The smallest absolute Gasteiger partial charge is 0.0218 e. The zero-order valence-corrected chi connectivity index (χ0v) is 11.4. The molecule has 0 saturated carbocycles. The van der Waals surface area contributed by atoms with E-state index in [9.17, 15) is 0 Å². The summed E-state index contributed by atoms with van der Waals surface area (Å²) in [6.45, 7) is 10.5. The summed E-state index contributed by atoms with van der Waals surface area (Å²) in [7, 11) is 0. The molecule has 16 heavy (non-hydrogen) atoms. The molecule has 1 rings (SSSR count). The summed E-state index contributed by atoms with van der Waals surface area (Å²) in [6, 6.07) is 0.707. The van der Waals surface area contributed by atoms with Crippen molar-refractivity contribution < 1.29 is 0 Å². The molecule has 1 aliphatic rings. The highest BCUT2D eigenvalue weighted by Crippen LogP contribution is 2.14. The van der Waals surface area contributed by atoms with Gasteiger partial charge in [-0.25, -0.2) is 0 Å². The Labute approximate surface area is 102 Å². The molecule has 1 saturated heterocycles. The highest BCUT2D eigenvalue weighted by Gasteiger charge is 2.19. The summed E-state index contributed by atoms with van der Waals surface area (Å²) in [5.41, 5.74) is 0. The summed E-state index contributed by atoms with van der Waals surface area (Å²) in [4.78, 5) is 0. The number of unbranched alkanes of at least 4 members (excludes halogenated alkanes) is 1. The first-order chi connectivity index (χ1) is 7.70. The summed E-state index contributed by atoms with van der Waals surface area (Å²) in [5.74, 6) is 1.71. The van der Waals surface area contributed by atoms with Crippen LogP contribution in [-0.2, 0) is 0 Å². The van der Waals surface area contributed by atoms with Crippen LogP contribution in [0.1, 0.15) is 52.9 Å². The Hall–Kier alpha value is -0.0800. The van der Waals surface area contributed by atoms with Crippen molar-refractivity contribution in [3.05, 3.63) is 0 Å². The largest absolute Gasteiger partial charge is 0.315 e. The van der Waals surface area contributed by atoms with Crippen LogP contribution in [0, 0.1) is 11.8 Å². The maximum Gasteiger partial charge on any atom is 0.0218 e. The normalized spacial score (nSPS) is 26.2. The molecule has 0 aromatic heterocycles. The molecule has 1 fully saturated rings. The van der Waals surface area contributed by atoms with Crippen molar-refractivity contribution in [3.63, 3.8) is 0 Å². The van der Waals surface area contributed by atoms with Gasteiger partial charge in [-0.05, 0) is 44.2 Å². The van der Waals surface area contributed by atoms with E-state index in [-0.39, 0.29) is 0 Å². The lowest BCUT2D eigenvalue weighted by Gasteiger charge is -2.30. The quantitative estimate of drug-likeness (QED) is 0.652. The molecule has 0 radical (unpaired) electrons. The van der Waals surface area contributed by atoms with E-state index in [1.165, 1.54) is 45.2 Å². The molecule has 2 heteroatoms. The Morgan fingerprint density at radius 2 is 2.12 bits per heavy atom. The van der Waals surface area contributed by atoms with Gasteiger partial charge in [0, 0.05) is 12.6 Å². The summed E-state index contributed by atoms with van der Waals surface area (Å²) < 4.78 is 0. The second-order valence-electron chi connectivity index (χ2n) is 5.77. The summed E-state index contributed by atoms with van der Waals surface area (Å²) in [6.07, 6.45) is 6.83. The number of nitrogens with one attached hydrogen (secondary N) is 2. The van der Waals surface area contributed by atoms with E-state index in [0.29, 0.717) is 6.04 Å². The second kappa shape index (κ2) is 8.08. The van der Waals surface area contributed by atoms with E-state index < -0.39 is 0 Å². The third-order valence-corrected chi connectivity index (χ3v) is 3.68. The third kappa shape index (κ3) is 5.86. The Morgan fingerprint density at radius 1 is 1.31 bits per heavy atom. The minimum absolute atomic E-state index is 0.707. The first-order valence-electron chi connectivity index (χ1n) is 7.14. The van der Waals surface area contributed by atoms with Gasteiger partial charge in [0.15, 0.2) is 0 Å². The van der Waals surface area contributed by atoms with Gasteiger partial charge in [-0.3, -0.25) is 0 Å². The Morgan fingerprint density at radius 3 is 2.81 bits per heavy atom. The molecule has 0 aromatic rings. The first-order valence-corrected chi connectivity index (χ1v) is 7.14. The molecule has 1 heterocycles. The van der Waals surface area contributed by atoms with Gasteiger partial charge in [-0.15, -0.1) is 0 Å². The SMILES string of the molecule is CC(C)CCCCNCC1NCCCC1C. The van der Waals surface area contributed by atoms with Crippen molar-refractivity contribution >= 4 is 0 Å². The zero-order chi connectivity index (χ0) is 11.8. The van der Waals surface area contributed by atoms with Gasteiger partial charge in [0.1, 0.15) is 0 Å². The van der Waals surface area contributed by atoms with Crippen LogP contribution in [0.25, 0.3) is 0 Å². The van der Waals surface area contributed by atoms with Crippen LogP contribution >= 0.6 is 0 Å². The second-order valence-corrected chi connectivity index (χ2v) is 5.77. The molecule has 1 aliphatic heterocycles. The minimum atomic E-state index is 0.707. The van der Waals surface area contributed by atoms with Crippen LogP contribution in [-0.4, -0.2) is 25.7 Å². The lowest BCUT2D eigenvalue weighted by atomic mass is 9.93. The molecule has 0 bridgehead atoms. The maximum atomic E-state index is 3.62. The van der Waals surface area contributed by atoms with Crippen molar-refractivity contribution in [2.45, 2.75) is 58.9 Å². The maximum absolute atomic E-state index is 3.62. The van der Waals surface area contributed by atoms with Crippen molar-refractivity contribution in [2.24, 2.45) is 11.8 Å². The van der Waals surface area contributed by atoms with E-state index in [1.807, 2.05) is 0 Å². The molecule has 96 valence electrons. The third-order valence-electron chi connectivity index (χ3n) is 3.68. The van der Waals surface area contributed by atoms with E-state index >= 15 is 0 Å².